The number of thioether (sulfide) groups is 3. The number of carboxylic acid groups (broad SMARTS) is 1. The predicted octanol–water partition coefficient (Wildman–Crippen LogP) is 0.0153. The van der Waals surface area contributed by atoms with Crippen LogP contribution in [0, 0.1) is 11.3 Å². The average Bonchev–Trinajstić information content (AvgIpc) is 3.18. The summed E-state index contributed by atoms with van der Waals surface area (Å²) < 4.78 is 6.83. The molecule has 1 saturated heterocycles. The van der Waals surface area contributed by atoms with E-state index >= 15 is 0 Å². The van der Waals surface area contributed by atoms with Crippen LogP contribution in [-0.2, 0) is 26.2 Å². The highest BCUT2D eigenvalue weighted by atomic mass is 32.2. The normalized spacial score (nSPS) is 21.3. The van der Waals surface area contributed by atoms with Gasteiger partial charge in [-0.15, -0.1) is 28.6 Å². The number of methoxy groups -OCH3 is 1. The number of aliphatic carboxylic acids is 1. The SMILES string of the molecule is CC(C)(C)N.CO[C@@]1(NC(=O)CSCC#N)C(=O)N2C(C(=O)O)=C(CSc3nnnn3C)CS[C@@H]21. The number of ether oxygens (including phenoxy) is 1. The number of hydrogen-bond donors (Lipinski definition) is 3. The summed E-state index contributed by atoms with van der Waals surface area (Å²) >= 11 is 3.67. The lowest BCUT2D eigenvalue weighted by Gasteiger charge is -2.55. The minimum atomic E-state index is -1.64. The fourth-order valence-corrected chi connectivity index (χ4v) is 5.86. The van der Waals surface area contributed by atoms with E-state index in [2.05, 4.69) is 20.8 Å². The van der Waals surface area contributed by atoms with Crippen LogP contribution in [0.15, 0.2) is 16.4 Å². The van der Waals surface area contributed by atoms with E-state index in [1.807, 2.05) is 26.8 Å². The van der Waals surface area contributed by atoms with E-state index in [0.29, 0.717) is 16.5 Å². The largest absolute Gasteiger partial charge is 0.477 e. The van der Waals surface area contributed by atoms with Crippen LogP contribution < -0.4 is 11.1 Å². The number of aryl methyl sites for hydroxylation is 1. The van der Waals surface area contributed by atoms with E-state index in [0.717, 1.165) is 16.7 Å². The number of carboxylic acids is 1. The maximum absolute atomic E-state index is 12.9. The standard InChI is InChI=1S/C15H17N7O5S3.C4H11N/c1-21-14(18-19-20-21)30-6-8-5-29-13-15(27-2,17-9(23)7-28-4-3-16)12(26)22(13)10(8)11(24)25;1-4(2,3)5/h13H,4-7H2,1-2H3,(H,17,23)(H,24,25);5H2,1-3H3/t13-,15+;/m1./s1. The number of β-lactam (4-membered cyclic amide) rings is 1. The number of nitriles is 1. The fourth-order valence-electron chi connectivity index (χ4n) is 2.98. The van der Waals surface area contributed by atoms with Gasteiger partial charge in [-0.1, -0.05) is 11.8 Å². The molecule has 13 nitrogen and oxygen atoms in total. The molecule has 35 heavy (non-hydrogen) atoms. The van der Waals surface area contributed by atoms with Gasteiger partial charge in [0.15, 0.2) is 0 Å². The molecule has 3 heterocycles. The van der Waals surface area contributed by atoms with Crippen molar-refractivity contribution in [2.24, 2.45) is 12.8 Å². The van der Waals surface area contributed by atoms with Crippen LogP contribution in [0.1, 0.15) is 20.8 Å². The van der Waals surface area contributed by atoms with Gasteiger partial charge in [-0.2, -0.15) is 5.26 Å². The van der Waals surface area contributed by atoms with Gasteiger partial charge in [0.25, 0.3) is 11.6 Å². The molecule has 0 spiro atoms. The van der Waals surface area contributed by atoms with Crippen LogP contribution in [0.4, 0.5) is 0 Å². The molecule has 1 aromatic heterocycles. The van der Waals surface area contributed by atoms with Crippen molar-refractivity contribution in [3.8, 4) is 6.07 Å². The lowest BCUT2D eigenvalue weighted by molar-refractivity contribution is -0.192. The second-order valence-corrected chi connectivity index (χ2v) is 11.5. The van der Waals surface area contributed by atoms with Gasteiger partial charge >= 0.3 is 5.97 Å². The average molecular weight is 545 g/mol. The van der Waals surface area contributed by atoms with Crippen molar-refractivity contribution >= 4 is 53.1 Å². The van der Waals surface area contributed by atoms with Gasteiger partial charge in [0.1, 0.15) is 11.1 Å². The summed E-state index contributed by atoms with van der Waals surface area (Å²) in [4.78, 5) is 38.2. The molecule has 2 aliphatic heterocycles. The molecule has 192 valence electrons. The number of tetrazole rings is 1. The molecule has 4 N–H and O–H groups in total. The number of nitrogens with one attached hydrogen (secondary N) is 1. The highest BCUT2D eigenvalue weighted by molar-refractivity contribution is 8.01. The number of nitrogens with two attached hydrogens (primary N) is 1. The molecule has 0 aromatic carbocycles. The summed E-state index contributed by atoms with van der Waals surface area (Å²) in [5, 5.41) is 31.8. The minimum absolute atomic E-state index is 0. The Kier molecular flexibility index (Phi) is 9.98. The molecule has 2 aliphatic rings. The topological polar surface area (TPSA) is 189 Å². The molecule has 0 unspecified atom stereocenters. The summed E-state index contributed by atoms with van der Waals surface area (Å²) in [6, 6.07) is 1.92. The van der Waals surface area contributed by atoms with E-state index < -0.39 is 28.9 Å². The van der Waals surface area contributed by atoms with Gasteiger partial charge in [0.2, 0.25) is 11.1 Å². The number of fused-ring (bicyclic) bond motifs is 1. The van der Waals surface area contributed by atoms with E-state index in [9.17, 15) is 19.5 Å². The Bertz CT molecular complexity index is 1030. The number of hydrogen-bond acceptors (Lipinski definition) is 12. The van der Waals surface area contributed by atoms with E-state index in [-0.39, 0.29) is 28.5 Å². The first-order chi connectivity index (χ1) is 16.4. The van der Waals surface area contributed by atoms with Crippen molar-refractivity contribution in [2.45, 2.75) is 42.6 Å². The second-order valence-electron chi connectivity index (χ2n) is 8.47. The summed E-state index contributed by atoms with van der Waals surface area (Å²) in [5.74, 6) is -1.61. The van der Waals surface area contributed by atoms with E-state index in [1.54, 1.807) is 7.05 Å². The van der Waals surface area contributed by atoms with Crippen LogP contribution in [0.25, 0.3) is 0 Å². The Balaban J connectivity index is 0.000000784. The lowest BCUT2D eigenvalue weighted by atomic mass is 9.98. The maximum Gasteiger partial charge on any atom is 0.352 e. The van der Waals surface area contributed by atoms with Gasteiger partial charge in [-0.3, -0.25) is 14.5 Å². The molecule has 0 saturated carbocycles. The van der Waals surface area contributed by atoms with Crippen LogP contribution >= 0.6 is 35.3 Å². The van der Waals surface area contributed by atoms with Gasteiger partial charge in [0.05, 0.1) is 17.6 Å². The van der Waals surface area contributed by atoms with Gasteiger partial charge in [-0.25, -0.2) is 9.48 Å². The van der Waals surface area contributed by atoms with Gasteiger partial charge in [-0.05, 0) is 36.8 Å². The first kappa shape index (κ1) is 28.9. The van der Waals surface area contributed by atoms with Crippen molar-refractivity contribution in [1.82, 2.24) is 30.4 Å². The van der Waals surface area contributed by atoms with Crippen molar-refractivity contribution in [2.75, 3.05) is 30.1 Å². The Hall–Kier alpha value is -2.32. The number of nitrogens with zero attached hydrogens (tertiary/aromatic N) is 6. The highest BCUT2D eigenvalue weighted by Crippen LogP contribution is 2.47. The number of carbonyl (C=O) groups excluding carboxylic acids is 2. The van der Waals surface area contributed by atoms with Crippen LogP contribution in [-0.4, -0.2) is 94.8 Å². The third-order valence-corrected chi connectivity index (χ3v) is 7.59. The minimum Gasteiger partial charge on any atom is -0.477 e. The third kappa shape index (κ3) is 7.10. The second kappa shape index (κ2) is 12.1. The van der Waals surface area contributed by atoms with Crippen LogP contribution in [0.3, 0.4) is 0 Å². The number of aromatic nitrogens is 4. The Morgan fingerprint density at radius 3 is 2.63 bits per heavy atom. The number of amides is 2. The van der Waals surface area contributed by atoms with Gasteiger partial charge in [0, 0.05) is 31.2 Å². The van der Waals surface area contributed by atoms with Crippen molar-refractivity contribution in [1.29, 1.82) is 5.26 Å². The predicted molar refractivity (Wildman–Crippen MR) is 132 cm³/mol. The lowest BCUT2D eigenvalue weighted by Crippen LogP contribution is -2.80. The molecule has 0 aliphatic carbocycles. The molecule has 1 fully saturated rings. The molecule has 2 atom stereocenters. The molecule has 16 heteroatoms. The summed E-state index contributed by atoms with van der Waals surface area (Å²) in [5.41, 5.74) is 4.15. The summed E-state index contributed by atoms with van der Waals surface area (Å²) in [7, 11) is 2.96. The molecular weight excluding hydrogens is 516 g/mol. The highest BCUT2D eigenvalue weighted by Gasteiger charge is 2.66. The zero-order valence-electron chi connectivity index (χ0n) is 20.0. The van der Waals surface area contributed by atoms with E-state index in [4.69, 9.17) is 15.7 Å². The Labute approximate surface area is 215 Å². The number of carbonyl (C=O) groups is 3. The number of rotatable bonds is 9. The van der Waals surface area contributed by atoms with Crippen molar-refractivity contribution < 1.29 is 24.2 Å². The zero-order chi connectivity index (χ0) is 26.4. The summed E-state index contributed by atoms with van der Waals surface area (Å²) in [6.45, 7) is 5.90. The van der Waals surface area contributed by atoms with E-state index in [1.165, 1.54) is 35.3 Å². The summed E-state index contributed by atoms with van der Waals surface area (Å²) in [6.07, 6.45) is 0. The molecular formula is C19H28N8O5S3. The van der Waals surface area contributed by atoms with Crippen LogP contribution in [0.5, 0.6) is 0 Å². The maximum atomic E-state index is 12.9. The monoisotopic (exact) mass is 544 g/mol. The third-order valence-electron chi connectivity index (χ3n) is 4.32. The quantitative estimate of drug-likeness (QED) is 0.163. The molecule has 1 aromatic rings. The first-order valence-corrected chi connectivity index (χ1v) is 13.4. The van der Waals surface area contributed by atoms with Crippen LogP contribution in [0.2, 0.25) is 0 Å². The van der Waals surface area contributed by atoms with Crippen molar-refractivity contribution in [3.05, 3.63) is 11.3 Å². The fraction of sp³-hybridized carbons (Fsp3) is 0.632. The van der Waals surface area contributed by atoms with Gasteiger partial charge < -0.3 is 20.9 Å². The zero-order valence-corrected chi connectivity index (χ0v) is 22.4. The molecule has 0 radical (unpaired) electrons. The van der Waals surface area contributed by atoms with Crippen molar-refractivity contribution in [3.63, 3.8) is 0 Å². The Morgan fingerprint density at radius 1 is 1.46 bits per heavy atom. The Morgan fingerprint density at radius 2 is 2.11 bits per heavy atom. The molecule has 2 amide bonds. The molecule has 3 rings (SSSR count). The smallest absolute Gasteiger partial charge is 0.352 e. The first-order valence-electron chi connectivity index (χ1n) is 10.2. The molecule has 0 bridgehead atoms.